The Morgan fingerprint density at radius 1 is 1.04 bits per heavy atom. The topological polar surface area (TPSA) is 106 Å². The second-order valence-corrected chi connectivity index (χ2v) is 7.15. The standard InChI is InChI=1S/C18H24N4O3S/c1-3-20-18(21-12-14-4-8-16(25-2)9-5-14)22-13-15-6-10-17(11-7-15)26(19,23)24/h4-11H,3,12-13H2,1-2H3,(H2,19,23,24)(H2,20,21,22). The van der Waals surface area contributed by atoms with Crippen LogP contribution in [0, 0.1) is 0 Å². The van der Waals surface area contributed by atoms with E-state index >= 15 is 0 Å². The molecule has 0 aliphatic heterocycles. The number of methoxy groups -OCH3 is 1. The number of sulfonamides is 1. The van der Waals surface area contributed by atoms with Crippen molar-refractivity contribution in [3.63, 3.8) is 0 Å². The molecule has 0 bridgehead atoms. The Kier molecular flexibility index (Phi) is 6.99. The molecule has 0 amide bonds. The van der Waals surface area contributed by atoms with Gasteiger partial charge in [-0.25, -0.2) is 18.5 Å². The molecular formula is C18H24N4O3S. The molecule has 0 aromatic heterocycles. The Labute approximate surface area is 154 Å². The number of benzene rings is 2. The summed E-state index contributed by atoms with van der Waals surface area (Å²) in [6, 6.07) is 14.2. The number of rotatable bonds is 7. The first-order valence-electron chi connectivity index (χ1n) is 8.19. The Bertz CT molecular complexity index is 832. The molecule has 0 atom stereocenters. The van der Waals surface area contributed by atoms with Gasteiger partial charge in [-0.1, -0.05) is 24.3 Å². The minimum absolute atomic E-state index is 0.0985. The second kappa shape index (κ2) is 9.21. The molecule has 4 N–H and O–H groups in total. The number of nitrogens with zero attached hydrogens (tertiary/aromatic N) is 1. The fraction of sp³-hybridized carbons (Fsp3) is 0.278. The van der Waals surface area contributed by atoms with Crippen molar-refractivity contribution in [2.45, 2.75) is 24.9 Å². The lowest BCUT2D eigenvalue weighted by Gasteiger charge is -2.12. The van der Waals surface area contributed by atoms with Crippen molar-refractivity contribution in [1.29, 1.82) is 0 Å². The average Bonchev–Trinajstić information content (AvgIpc) is 2.64. The van der Waals surface area contributed by atoms with Gasteiger partial charge in [0, 0.05) is 13.1 Å². The maximum atomic E-state index is 11.3. The monoisotopic (exact) mass is 376 g/mol. The fourth-order valence-corrected chi connectivity index (χ4v) is 2.74. The molecule has 2 aromatic carbocycles. The Morgan fingerprint density at radius 3 is 2.19 bits per heavy atom. The van der Waals surface area contributed by atoms with E-state index in [0.717, 1.165) is 23.4 Å². The van der Waals surface area contributed by atoms with Crippen LogP contribution in [-0.2, 0) is 23.1 Å². The molecule has 26 heavy (non-hydrogen) atoms. The lowest BCUT2D eigenvalue weighted by molar-refractivity contribution is 0.414. The van der Waals surface area contributed by atoms with Crippen molar-refractivity contribution in [3.8, 4) is 5.75 Å². The van der Waals surface area contributed by atoms with Gasteiger partial charge in [0.15, 0.2) is 5.96 Å². The molecule has 0 aliphatic rings. The number of primary sulfonamides is 1. The van der Waals surface area contributed by atoms with Gasteiger partial charge in [-0.15, -0.1) is 0 Å². The normalized spacial score (nSPS) is 11.9. The van der Waals surface area contributed by atoms with Crippen LogP contribution in [0.3, 0.4) is 0 Å². The fourth-order valence-electron chi connectivity index (χ4n) is 2.23. The highest BCUT2D eigenvalue weighted by molar-refractivity contribution is 7.89. The van der Waals surface area contributed by atoms with E-state index in [2.05, 4.69) is 15.6 Å². The van der Waals surface area contributed by atoms with Crippen LogP contribution < -0.4 is 20.5 Å². The molecule has 0 aliphatic carbocycles. The van der Waals surface area contributed by atoms with Crippen LogP contribution in [0.25, 0.3) is 0 Å². The molecule has 7 nitrogen and oxygen atoms in total. The first kappa shape index (κ1) is 19.7. The predicted molar refractivity (Wildman–Crippen MR) is 102 cm³/mol. The van der Waals surface area contributed by atoms with Crippen molar-refractivity contribution >= 4 is 16.0 Å². The largest absolute Gasteiger partial charge is 0.497 e. The second-order valence-electron chi connectivity index (χ2n) is 5.59. The minimum Gasteiger partial charge on any atom is -0.497 e. The third-order valence-electron chi connectivity index (χ3n) is 3.63. The number of hydrogen-bond donors (Lipinski definition) is 3. The van der Waals surface area contributed by atoms with Gasteiger partial charge in [-0.3, -0.25) is 0 Å². The van der Waals surface area contributed by atoms with E-state index in [4.69, 9.17) is 9.88 Å². The van der Waals surface area contributed by atoms with Crippen molar-refractivity contribution in [2.75, 3.05) is 13.7 Å². The zero-order valence-electron chi connectivity index (χ0n) is 14.9. The summed E-state index contributed by atoms with van der Waals surface area (Å²) in [5.74, 6) is 1.49. The summed E-state index contributed by atoms with van der Waals surface area (Å²) in [7, 11) is -2.03. The van der Waals surface area contributed by atoms with Gasteiger partial charge < -0.3 is 15.4 Å². The summed E-state index contributed by atoms with van der Waals surface area (Å²) in [4.78, 5) is 4.65. The van der Waals surface area contributed by atoms with Gasteiger partial charge in [-0.2, -0.15) is 0 Å². The van der Waals surface area contributed by atoms with E-state index < -0.39 is 10.0 Å². The van der Waals surface area contributed by atoms with Gasteiger partial charge in [0.25, 0.3) is 0 Å². The van der Waals surface area contributed by atoms with E-state index in [-0.39, 0.29) is 4.90 Å². The van der Waals surface area contributed by atoms with Gasteiger partial charge in [-0.05, 0) is 42.3 Å². The number of guanidine groups is 1. The van der Waals surface area contributed by atoms with Crippen LogP contribution in [0.1, 0.15) is 18.1 Å². The Morgan fingerprint density at radius 2 is 1.65 bits per heavy atom. The van der Waals surface area contributed by atoms with Crippen molar-refractivity contribution in [1.82, 2.24) is 10.6 Å². The van der Waals surface area contributed by atoms with E-state index in [1.165, 1.54) is 12.1 Å². The molecule has 0 spiro atoms. The number of hydrogen-bond acceptors (Lipinski definition) is 4. The molecular weight excluding hydrogens is 352 g/mol. The Balaban J connectivity index is 1.98. The summed E-state index contributed by atoms with van der Waals surface area (Å²) in [5.41, 5.74) is 1.99. The summed E-state index contributed by atoms with van der Waals surface area (Å²) in [6.45, 7) is 3.77. The van der Waals surface area contributed by atoms with E-state index in [0.29, 0.717) is 19.0 Å². The van der Waals surface area contributed by atoms with Crippen LogP contribution >= 0.6 is 0 Å². The first-order chi connectivity index (χ1) is 12.4. The summed E-state index contributed by atoms with van der Waals surface area (Å²) in [5, 5.41) is 11.5. The van der Waals surface area contributed by atoms with Crippen molar-refractivity contribution < 1.29 is 13.2 Å². The van der Waals surface area contributed by atoms with E-state index in [1.54, 1.807) is 19.2 Å². The van der Waals surface area contributed by atoms with Crippen molar-refractivity contribution in [2.24, 2.45) is 10.1 Å². The molecule has 2 aromatic rings. The molecule has 0 fully saturated rings. The van der Waals surface area contributed by atoms with E-state index in [1.807, 2.05) is 31.2 Å². The summed E-state index contributed by atoms with van der Waals surface area (Å²) in [6.07, 6.45) is 0. The van der Waals surface area contributed by atoms with Crippen LogP contribution in [-0.4, -0.2) is 28.0 Å². The Hall–Kier alpha value is -2.58. The number of nitrogens with one attached hydrogen (secondary N) is 2. The number of ether oxygens (including phenoxy) is 1. The molecule has 0 unspecified atom stereocenters. The van der Waals surface area contributed by atoms with Gasteiger partial charge >= 0.3 is 0 Å². The molecule has 0 heterocycles. The van der Waals surface area contributed by atoms with Crippen LogP contribution in [0.15, 0.2) is 58.4 Å². The quantitative estimate of drug-likeness (QED) is 0.503. The van der Waals surface area contributed by atoms with Crippen LogP contribution in [0.2, 0.25) is 0 Å². The molecule has 0 saturated carbocycles. The molecule has 140 valence electrons. The predicted octanol–water partition coefficient (Wildman–Crippen LogP) is 1.60. The van der Waals surface area contributed by atoms with Crippen LogP contribution in [0.4, 0.5) is 0 Å². The first-order valence-corrected chi connectivity index (χ1v) is 9.74. The van der Waals surface area contributed by atoms with E-state index in [9.17, 15) is 8.42 Å². The van der Waals surface area contributed by atoms with Gasteiger partial charge in [0.05, 0.1) is 18.6 Å². The highest BCUT2D eigenvalue weighted by atomic mass is 32.2. The highest BCUT2D eigenvalue weighted by Gasteiger charge is 2.07. The third-order valence-corrected chi connectivity index (χ3v) is 4.56. The summed E-state index contributed by atoms with van der Waals surface area (Å²) >= 11 is 0. The lowest BCUT2D eigenvalue weighted by atomic mass is 10.2. The zero-order chi connectivity index (χ0) is 19.0. The molecule has 0 saturated heterocycles. The maximum absolute atomic E-state index is 11.3. The van der Waals surface area contributed by atoms with Crippen molar-refractivity contribution in [3.05, 3.63) is 59.7 Å². The van der Waals surface area contributed by atoms with Gasteiger partial charge in [0.1, 0.15) is 5.75 Å². The van der Waals surface area contributed by atoms with Gasteiger partial charge in [0.2, 0.25) is 10.0 Å². The summed E-state index contributed by atoms with van der Waals surface area (Å²) < 4.78 is 27.7. The minimum atomic E-state index is -3.67. The average molecular weight is 376 g/mol. The maximum Gasteiger partial charge on any atom is 0.238 e. The zero-order valence-corrected chi connectivity index (χ0v) is 15.7. The number of aliphatic imine (C=N–C) groups is 1. The van der Waals surface area contributed by atoms with Crippen LogP contribution in [0.5, 0.6) is 5.75 Å². The smallest absolute Gasteiger partial charge is 0.238 e. The third kappa shape index (κ3) is 6.05. The molecule has 0 radical (unpaired) electrons. The number of nitrogens with two attached hydrogens (primary N) is 1. The SMILES string of the molecule is CCNC(=NCc1ccc(OC)cc1)NCc1ccc(S(N)(=O)=O)cc1. The lowest BCUT2D eigenvalue weighted by Crippen LogP contribution is -2.36. The highest BCUT2D eigenvalue weighted by Crippen LogP contribution is 2.12. The molecule has 2 rings (SSSR count). The molecule has 8 heteroatoms.